The number of para-hydroxylation sites is 1. The third kappa shape index (κ3) is 5.43. The summed E-state index contributed by atoms with van der Waals surface area (Å²) in [6.07, 6.45) is 1.15. The summed E-state index contributed by atoms with van der Waals surface area (Å²) in [6.45, 7) is 1.06. The SMILES string of the molecule is COC(=O)c1ccccc1NCCC(=O)NCCc1ccccc1. The number of ether oxygens (including phenoxy) is 1. The second-order valence-electron chi connectivity index (χ2n) is 5.30. The first-order valence-corrected chi connectivity index (χ1v) is 7.92. The van der Waals surface area contributed by atoms with Crippen molar-refractivity contribution >= 4 is 17.6 Å². The van der Waals surface area contributed by atoms with Gasteiger partial charge < -0.3 is 15.4 Å². The molecule has 0 spiro atoms. The summed E-state index contributed by atoms with van der Waals surface area (Å²) < 4.78 is 4.74. The maximum Gasteiger partial charge on any atom is 0.339 e. The monoisotopic (exact) mass is 326 g/mol. The molecule has 2 N–H and O–H groups in total. The lowest BCUT2D eigenvalue weighted by Crippen LogP contribution is -2.27. The molecule has 0 saturated carbocycles. The molecule has 126 valence electrons. The van der Waals surface area contributed by atoms with Crippen molar-refractivity contribution < 1.29 is 14.3 Å². The number of esters is 1. The van der Waals surface area contributed by atoms with Gasteiger partial charge in [0.1, 0.15) is 0 Å². The van der Waals surface area contributed by atoms with Gasteiger partial charge in [0, 0.05) is 25.2 Å². The van der Waals surface area contributed by atoms with Crippen LogP contribution in [0.5, 0.6) is 0 Å². The van der Waals surface area contributed by atoms with Crippen LogP contribution in [-0.2, 0) is 16.0 Å². The first-order chi connectivity index (χ1) is 11.7. The number of nitrogens with one attached hydrogen (secondary N) is 2. The van der Waals surface area contributed by atoms with Crippen LogP contribution in [0.4, 0.5) is 5.69 Å². The van der Waals surface area contributed by atoms with Crippen molar-refractivity contribution in [2.24, 2.45) is 0 Å². The van der Waals surface area contributed by atoms with Gasteiger partial charge >= 0.3 is 5.97 Å². The molecule has 0 aliphatic heterocycles. The molecule has 5 nitrogen and oxygen atoms in total. The molecule has 0 heterocycles. The summed E-state index contributed by atoms with van der Waals surface area (Å²) in [5, 5.41) is 6.00. The first-order valence-electron chi connectivity index (χ1n) is 7.92. The van der Waals surface area contributed by atoms with Crippen molar-refractivity contribution in [3.8, 4) is 0 Å². The predicted molar refractivity (Wildman–Crippen MR) is 94.0 cm³/mol. The van der Waals surface area contributed by atoms with Gasteiger partial charge in [-0.25, -0.2) is 4.79 Å². The van der Waals surface area contributed by atoms with Crippen LogP contribution in [0.3, 0.4) is 0 Å². The van der Waals surface area contributed by atoms with Gasteiger partial charge in [0.25, 0.3) is 0 Å². The topological polar surface area (TPSA) is 67.4 Å². The Morgan fingerprint density at radius 2 is 1.67 bits per heavy atom. The molecule has 0 aliphatic carbocycles. The zero-order chi connectivity index (χ0) is 17.2. The second kappa shape index (κ2) is 9.35. The molecule has 0 unspecified atom stereocenters. The van der Waals surface area contributed by atoms with Crippen LogP contribution >= 0.6 is 0 Å². The highest BCUT2D eigenvalue weighted by molar-refractivity contribution is 5.95. The van der Waals surface area contributed by atoms with E-state index in [4.69, 9.17) is 4.74 Å². The van der Waals surface area contributed by atoms with Crippen molar-refractivity contribution in [1.82, 2.24) is 5.32 Å². The summed E-state index contributed by atoms with van der Waals surface area (Å²) >= 11 is 0. The van der Waals surface area contributed by atoms with Crippen molar-refractivity contribution in [2.45, 2.75) is 12.8 Å². The van der Waals surface area contributed by atoms with Gasteiger partial charge in [-0.05, 0) is 24.1 Å². The van der Waals surface area contributed by atoms with Crippen LogP contribution in [0.2, 0.25) is 0 Å². The molecular formula is C19H22N2O3. The third-order valence-corrected chi connectivity index (χ3v) is 3.58. The summed E-state index contributed by atoms with van der Waals surface area (Å²) in [6, 6.07) is 17.1. The maximum atomic E-state index is 11.9. The molecule has 2 aromatic rings. The van der Waals surface area contributed by atoms with E-state index in [-0.39, 0.29) is 5.91 Å². The zero-order valence-corrected chi connectivity index (χ0v) is 13.7. The minimum Gasteiger partial charge on any atom is -0.465 e. The molecule has 0 bridgehead atoms. The van der Waals surface area contributed by atoms with E-state index in [0.29, 0.717) is 30.8 Å². The van der Waals surface area contributed by atoms with E-state index in [0.717, 1.165) is 6.42 Å². The Bertz CT molecular complexity index is 671. The number of anilines is 1. The van der Waals surface area contributed by atoms with Crippen molar-refractivity contribution in [3.05, 3.63) is 65.7 Å². The lowest BCUT2D eigenvalue weighted by atomic mass is 10.1. The van der Waals surface area contributed by atoms with E-state index in [1.807, 2.05) is 36.4 Å². The van der Waals surface area contributed by atoms with E-state index in [1.165, 1.54) is 12.7 Å². The smallest absolute Gasteiger partial charge is 0.339 e. The molecule has 0 radical (unpaired) electrons. The standard InChI is InChI=1S/C19H22N2O3/c1-24-19(23)16-9-5-6-10-17(16)20-14-12-18(22)21-13-11-15-7-3-2-4-8-15/h2-10,20H,11-14H2,1H3,(H,21,22). The summed E-state index contributed by atoms with van der Waals surface area (Å²) in [5.74, 6) is -0.417. The number of carbonyl (C=O) groups excluding carboxylic acids is 2. The van der Waals surface area contributed by atoms with Gasteiger partial charge in [0.05, 0.1) is 12.7 Å². The van der Waals surface area contributed by atoms with Crippen LogP contribution < -0.4 is 10.6 Å². The molecule has 2 aromatic carbocycles. The molecule has 0 fully saturated rings. The molecule has 24 heavy (non-hydrogen) atoms. The molecule has 2 rings (SSSR count). The average Bonchev–Trinajstić information content (AvgIpc) is 2.62. The third-order valence-electron chi connectivity index (χ3n) is 3.58. The highest BCUT2D eigenvalue weighted by atomic mass is 16.5. The van der Waals surface area contributed by atoms with Gasteiger partial charge in [0.15, 0.2) is 0 Å². The molecule has 0 atom stereocenters. The Labute approximate surface area is 142 Å². The van der Waals surface area contributed by atoms with Crippen molar-refractivity contribution in [3.63, 3.8) is 0 Å². The fourth-order valence-electron chi connectivity index (χ4n) is 2.32. The van der Waals surface area contributed by atoms with Crippen molar-refractivity contribution in [1.29, 1.82) is 0 Å². The van der Waals surface area contributed by atoms with Crippen LogP contribution in [0.25, 0.3) is 0 Å². The largest absolute Gasteiger partial charge is 0.465 e. The van der Waals surface area contributed by atoms with Crippen LogP contribution in [-0.4, -0.2) is 32.1 Å². The van der Waals surface area contributed by atoms with Gasteiger partial charge in [-0.2, -0.15) is 0 Å². The molecule has 0 aliphatic rings. The normalized spacial score (nSPS) is 10.0. The quantitative estimate of drug-likeness (QED) is 0.732. The first kappa shape index (κ1) is 17.5. The van der Waals surface area contributed by atoms with Gasteiger partial charge in [0.2, 0.25) is 5.91 Å². The minimum atomic E-state index is -0.398. The fourth-order valence-corrected chi connectivity index (χ4v) is 2.32. The number of carbonyl (C=O) groups is 2. The molecule has 0 aromatic heterocycles. The van der Waals surface area contributed by atoms with Gasteiger partial charge in [-0.1, -0.05) is 42.5 Å². The maximum absolute atomic E-state index is 11.9. The Morgan fingerprint density at radius 3 is 2.42 bits per heavy atom. The molecular weight excluding hydrogens is 304 g/mol. The second-order valence-corrected chi connectivity index (χ2v) is 5.30. The number of methoxy groups -OCH3 is 1. The fraction of sp³-hybridized carbons (Fsp3) is 0.263. The van der Waals surface area contributed by atoms with E-state index in [1.54, 1.807) is 18.2 Å². The lowest BCUT2D eigenvalue weighted by Gasteiger charge is -2.10. The Kier molecular flexibility index (Phi) is 6.83. The molecule has 5 heteroatoms. The summed E-state index contributed by atoms with van der Waals surface area (Å²) in [5.41, 5.74) is 2.33. The van der Waals surface area contributed by atoms with Crippen LogP contribution in [0.15, 0.2) is 54.6 Å². The van der Waals surface area contributed by atoms with E-state index < -0.39 is 5.97 Å². The van der Waals surface area contributed by atoms with Crippen molar-refractivity contribution in [2.75, 3.05) is 25.5 Å². The summed E-state index contributed by atoms with van der Waals surface area (Å²) in [4.78, 5) is 23.5. The van der Waals surface area contributed by atoms with Crippen LogP contribution in [0, 0.1) is 0 Å². The van der Waals surface area contributed by atoms with Crippen LogP contribution in [0.1, 0.15) is 22.3 Å². The molecule has 1 amide bonds. The Balaban J connectivity index is 1.72. The predicted octanol–water partition coefficient (Wildman–Crippen LogP) is 2.63. The van der Waals surface area contributed by atoms with Gasteiger partial charge in [-0.3, -0.25) is 4.79 Å². The number of hydrogen-bond donors (Lipinski definition) is 2. The molecule has 0 saturated heterocycles. The van der Waals surface area contributed by atoms with E-state index in [9.17, 15) is 9.59 Å². The highest BCUT2D eigenvalue weighted by Gasteiger charge is 2.10. The number of benzene rings is 2. The lowest BCUT2D eigenvalue weighted by molar-refractivity contribution is -0.120. The zero-order valence-electron chi connectivity index (χ0n) is 13.7. The Morgan fingerprint density at radius 1 is 0.958 bits per heavy atom. The highest BCUT2D eigenvalue weighted by Crippen LogP contribution is 2.15. The number of hydrogen-bond acceptors (Lipinski definition) is 4. The number of rotatable bonds is 8. The summed E-state index contributed by atoms with van der Waals surface area (Å²) in [7, 11) is 1.35. The van der Waals surface area contributed by atoms with E-state index >= 15 is 0 Å². The average molecular weight is 326 g/mol. The van der Waals surface area contributed by atoms with Gasteiger partial charge in [-0.15, -0.1) is 0 Å². The number of amides is 1. The minimum absolute atomic E-state index is 0.0195. The van der Waals surface area contributed by atoms with E-state index in [2.05, 4.69) is 10.6 Å². The Hall–Kier alpha value is -2.82.